The Hall–Kier alpha value is -1.27. The molecule has 0 aliphatic carbocycles. The second-order valence-corrected chi connectivity index (χ2v) is 5.88. The third-order valence-corrected chi connectivity index (χ3v) is 4.43. The monoisotopic (exact) mass is 303 g/mol. The van der Waals surface area contributed by atoms with E-state index in [0.29, 0.717) is 5.75 Å². The minimum atomic E-state index is -1.06. The maximum atomic E-state index is 13.4. The average Bonchev–Trinajstić information content (AvgIpc) is 2.74. The second-order valence-electron chi connectivity index (χ2n) is 4.13. The van der Waals surface area contributed by atoms with Crippen LogP contribution in [0.3, 0.4) is 0 Å². The molecule has 1 aliphatic heterocycles. The van der Waals surface area contributed by atoms with Gasteiger partial charge in [-0.1, -0.05) is 11.6 Å². The summed E-state index contributed by atoms with van der Waals surface area (Å²) < 4.78 is 13.4. The van der Waals surface area contributed by atoms with Crippen molar-refractivity contribution in [1.82, 2.24) is 4.90 Å². The lowest BCUT2D eigenvalue weighted by molar-refractivity contribution is -0.141. The van der Waals surface area contributed by atoms with Gasteiger partial charge in [0, 0.05) is 11.3 Å². The first-order valence-electron chi connectivity index (χ1n) is 5.54. The highest BCUT2D eigenvalue weighted by Crippen LogP contribution is 2.30. The van der Waals surface area contributed by atoms with E-state index in [1.54, 1.807) is 6.92 Å². The fraction of sp³-hybridized carbons (Fsp3) is 0.333. The van der Waals surface area contributed by atoms with Crippen LogP contribution < -0.4 is 0 Å². The molecular weight excluding hydrogens is 293 g/mol. The Bertz CT molecular complexity index is 540. The maximum Gasteiger partial charge on any atom is 0.327 e. The number of carbonyl (C=O) groups is 2. The minimum Gasteiger partial charge on any atom is -0.480 e. The van der Waals surface area contributed by atoms with Gasteiger partial charge in [0.2, 0.25) is 0 Å². The highest BCUT2D eigenvalue weighted by molar-refractivity contribution is 8.00. The quantitative estimate of drug-likeness (QED) is 0.912. The number of benzene rings is 1. The number of aliphatic carboxylic acids is 1. The molecule has 1 amide bonds. The van der Waals surface area contributed by atoms with E-state index in [0.717, 1.165) is 6.07 Å². The first-order valence-corrected chi connectivity index (χ1v) is 6.96. The van der Waals surface area contributed by atoms with Crippen molar-refractivity contribution in [2.24, 2.45) is 0 Å². The summed E-state index contributed by atoms with van der Waals surface area (Å²) in [6.45, 7) is 1.75. The van der Waals surface area contributed by atoms with Gasteiger partial charge in [-0.15, -0.1) is 11.8 Å². The molecule has 2 rings (SSSR count). The van der Waals surface area contributed by atoms with E-state index in [-0.39, 0.29) is 16.0 Å². The van der Waals surface area contributed by atoms with Crippen molar-refractivity contribution < 1.29 is 19.1 Å². The molecule has 0 bridgehead atoms. The summed E-state index contributed by atoms with van der Waals surface area (Å²) in [6.07, 6.45) is 0. The molecule has 1 aromatic rings. The van der Waals surface area contributed by atoms with Crippen molar-refractivity contribution in [2.45, 2.75) is 18.3 Å². The van der Waals surface area contributed by atoms with Crippen molar-refractivity contribution in [2.75, 3.05) is 5.75 Å². The summed E-state index contributed by atoms with van der Waals surface area (Å²) in [5, 5.41) is 8.76. The van der Waals surface area contributed by atoms with Crippen molar-refractivity contribution in [3.8, 4) is 0 Å². The van der Waals surface area contributed by atoms with Gasteiger partial charge < -0.3 is 10.0 Å². The Balaban J connectivity index is 2.31. The van der Waals surface area contributed by atoms with Crippen LogP contribution in [0, 0.1) is 5.82 Å². The van der Waals surface area contributed by atoms with E-state index in [1.807, 2.05) is 0 Å². The third kappa shape index (κ3) is 2.69. The van der Waals surface area contributed by atoms with Crippen LogP contribution in [0.5, 0.6) is 0 Å². The predicted molar refractivity (Wildman–Crippen MR) is 70.9 cm³/mol. The molecule has 1 fully saturated rings. The molecule has 1 aromatic carbocycles. The number of thioether (sulfide) groups is 1. The zero-order valence-corrected chi connectivity index (χ0v) is 11.5. The van der Waals surface area contributed by atoms with E-state index in [4.69, 9.17) is 16.7 Å². The molecule has 0 saturated carbocycles. The number of nitrogens with zero attached hydrogens (tertiary/aromatic N) is 1. The predicted octanol–water partition coefficient (Wildman–Crippen LogP) is 2.47. The van der Waals surface area contributed by atoms with Gasteiger partial charge in [0.25, 0.3) is 5.91 Å². The summed E-state index contributed by atoms with van der Waals surface area (Å²) in [4.78, 5) is 24.6. The van der Waals surface area contributed by atoms with Gasteiger partial charge >= 0.3 is 5.97 Å². The maximum absolute atomic E-state index is 13.4. The standard InChI is InChI=1S/C12H11ClFNO3S/c1-6-15(10(5-19-6)12(17)18)11(16)7-2-3-8(13)9(14)4-7/h2-4,6,10H,5H2,1H3,(H,17,18). The zero-order chi connectivity index (χ0) is 14.2. The molecular formula is C12H11ClFNO3S. The summed E-state index contributed by atoms with van der Waals surface area (Å²) >= 11 is 6.93. The number of carboxylic acid groups (broad SMARTS) is 1. The fourth-order valence-corrected chi connectivity index (χ4v) is 3.20. The molecule has 2 unspecified atom stereocenters. The molecule has 1 heterocycles. The second kappa shape index (κ2) is 5.38. The van der Waals surface area contributed by atoms with Crippen molar-refractivity contribution in [3.63, 3.8) is 0 Å². The van der Waals surface area contributed by atoms with Crippen molar-refractivity contribution >= 4 is 35.2 Å². The number of carboxylic acids is 1. The molecule has 0 radical (unpaired) electrons. The Kier molecular flexibility index (Phi) is 4.01. The highest BCUT2D eigenvalue weighted by atomic mass is 35.5. The number of rotatable bonds is 2. The lowest BCUT2D eigenvalue weighted by atomic mass is 10.1. The van der Waals surface area contributed by atoms with Gasteiger partial charge in [-0.2, -0.15) is 0 Å². The van der Waals surface area contributed by atoms with E-state index >= 15 is 0 Å². The van der Waals surface area contributed by atoms with Gasteiger partial charge in [0.15, 0.2) is 0 Å². The molecule has 2 atom stereocenters. The van der Waals surface area contributed by atoms with E-state index in [2.05, 4.69) is 0 Å². The topological polar surface area (TPSA) is 57.6 Å². The summed E-state index contributed by atoms with van der Waals surface area (Å²) in [6, 6.07) is 2.82. The third-order valence-electron chi connectivity index (χ3n) is 2.91. The summed E-state index contributed by atoms with van der Waals surface area (Å²) in [5.41, 5.74) is 0.0995. The van der Waals surface area contributed by atoms with Crippen LogP contribution in [0.15, 0.2) is 18.2 Å². The number of hydrogen-bond donors (Lipinski definition) is 1. The largest absolute Gasteiger partial charge is 0.480 e. The van der Waals surface area contributed by atoms with Crippen molar-refractivity contribution in [3.05, 3.63) is 34.6 Å². The first-order chi connectivity index (χ1) is 8.91. The Labute approximate surface area is 118 Å². The molecule has 0 spiro atoms. The SMILES string of the molecule is CC1SCC(C(=O)O)N1C(=O)c1ccc(Cl)c(F)c1. The van der Waals surface area contributed by atoms with Crippen LogP contribution in [0.2, 0.25) is 5.02 Å². The van der Waals surface area contributed by atoms with Gasteiger partial charge in [0.1, 0.15) is 11.9 Å². The van der Waals surface area contributed by atoms with E-state index in [1.165, 1.54) is 28.8 Å². The van der Waals surface area contributed by atoms with E-state index in [9.17, 15) is 14.0 Å². The fourth-order valence-electron chi connectivity index (χ4n) is 1.92. The van der Waals surface area contributed by atoms with Gasteiger partial charge in [-0.05, 0) is 25.1 Å². The Morgan fingerprint density at radius 2 is 2.21 bits per heavy atom. The van der Waals surface area contributed by atoms with Crippen LogP contribution in [0.1, 0.15) is 17.3 Å². The lowest BCUT2D eigenvalue weighted by Crippen LogP contribution is -2.44. The number of halogens is 2. The van der Waals surface area contributed by atoms with Gasteiger partial charge in [-0.3, -0.25) is 4.79 Å². The molecule has 0 aromatic heterocycles. The Morgan fingerprint density at radius 1 is 1.53 bits per heavy atom. The van der Waals surface area contributed by atoms with Crippen LogP contribution in [0.25, 0.3) is 0 Å². The van der Waals surface area contributed by atoms with Crippen LogP contribution >= 0.6 is 23.4 Å². The minimum absolute atomic E-state index is 0.0739. The van der Waals surface area contributed by atoms with Crippen LogP contribution in [0.4, 0.5) is 4.39 Å². The normalized spacial score (nSPS) is 22.6. The lowest BCUT2D eigenvalue weighted by Gasteiger charge is -2.25. The van der Waals surface area contributed by atoms with Gasteiger partial charge in [-0.25, -0.2) is 9.18 Å². The van der Waals surface area contributed by atoms with Crippen LogP contribution in [-0.2, 0) is 4.79 Å². The number of carbonyl (C=O) groups excluding carboxylic acids is 1. The average molecular weight is 304 g/mol. The summed E-state index contributed by atoms with van der Waals surface area (Å²) in [5.74, 6) is -1.92. The van der Waals surface area contributed by atoms with E-state index < -0.39 is 23.7 Å². The summed E-state index contributed by atoms with van der Waals surface area (Å²) in [7, 11) is 0. The molecule has 1 aliphatic rings. The smallest absolute Gasteiger partial charge is 0.327 e. The van der Waals surface area contributed by atoms with Gasteiger partial charge in [0.05, 0.1) is 10.4 Å². The molecule has 19 heavy (non-hydrogen) atoms. The molecule has 4 nitrogen and oxygen atoms in total. The Morgan fingerprint density at radius 3 is 2.79 bits per heavy atom. The van der Waals surface area contributed by atoms with Crippen LogP contribution in [-0.4, -0.2) is 39.1 Å². The molecule has 1 saturated heterocycles. The number of amides is 1. The molecule has 1 N–H and O–H groups in total. The van der Waals surface area contributed by atoms with Crippen molar-refractivity contribution in [1.29, 1.82) is 0 Å². The molecule has 7 heteroatoms. The first kappa shape index (κ1) is 14.1. The molecule has 102 valence electrons. The highest BCUT2D eigenvalue weighted by Gasteiger charge is 2.39. The number of hydrogen-bond acceptors (Lipinski definition) is 3. The zero-order valence-electron chi connectivity index (χ0n) is 9.97.